The van der Waals surface area contributed by atoms with Gasteiger partial charge >= 0.3 is 5.69 Å². The molecule has 1 unspecified atom stereocenters. The van der Waals surface area contributed by atoms with Gasteiger partial charge in [0.1, 0.15) is 5.82 Å². The number of aromatic nitrogens is 1. The van der Waals surface area contributed by atoms with Crippen LogP contribution < -0.4 is 10.6 Å². The van der Waals surface area contributed by atoms with Crippen LogP contribution in [0.15, 0.2) is 12.1 Å². The SMILES string of the molecule is CNc1ccc([N+](=O)[O-])c(NC(CC(C)C)CN(C)C)n1. The van der Waals surface area contributed by atoms with Crippen LogP contribution in [-0.4, -0.2) is 48.5 Å². The van der Waals surface area contributed by atoms with Crippen molar-refractivity contribution < 1.29 is 4.92 Å². The fourth-order valence-electron chi connectivity index (χ4n) is 2.23. The largest absolute Gasteiger partial charge is 0.373 e. The van der Waals surface area contributed by atoms with Crippen LogP contribution in [-0.2, 0) is 0 Å². The van der Waals surface area contributed by atoms with Crippen molar-refractivity contribution in [3.8, 4) is 0 Å². The highest BCUT2D eigenvalue weighted by Crippen LogP contribution is 2.25. The van der Waals surface area contributed by atoms with Crippen LogP contribution in [0.3, 0.4) is 0 Å². The van der Waals surface area contributed by atoms with Crippen molar-refractivity contribution in [1.29, 1.82) is 0 Å². The maximum atomic E-state index is 11.1. The number of nitrogens with one attached hydrogen (secondary N) is 2. The number of nitrogens with zero attached hydrogens (tertiary/aromatic N) is 3. The smallest absolute Gasteiger partial charge is 0.311 e. The third kappa shape index (κ3) is 5.55. The van der Waals surface area contributed by atoms with E-state index in [1.165, 1.54) is 6.07 Å². The van der Waals surface area contributed by atoms with Crippen molar-refractivity contribution in [3.05, 3.63) is 22.2 Å². The summed E-state index contributed by atoms with van der Waals surface area (Å²) in [6.45, 7) is 5.06. The van der Waals surface area contributed by atoms with Gasteiger partial charge in [-0.2, -0.15) is 0 Å². The normalized spacial score (nSPS) is 12.5. The summed E-state index contributed by atoms with van der Waals surface area (Å²) in [7, 11) is 5.71. The first-order valence-electron chi connectivity index (χ1n) is 7.08. The van der Waals surface area contributed by atoms with Gasteiger partial charge in [-0.1, -0.05) is 13.8 Å². The maximum Gasteiger partial charge on any atom is 0.311 e. The van der Waals surface area contributed by atoms with Crippen molar-refractivity contribution in [3.63, 3.8) is 0 Å². The van der Waals surface area contributed by atoms with Gasteiger partial charge in [-0.25, -0.2) is 4.98 Å². The minimum atomic E-state index is -0.406. The van der Waals surface area contributed by atoms with Crippen molar-refractivity contribution >= 4 is 17.3 Å². The lowest BCUT2D eigenvalue weighted by molar-refractivity contribution is -0.384. The van der Waals surface area contributed by atoms with Crippen LogP contribution >= 0.6 is 0 Å². The summed E-state index contributed by atoms with van der Waals surface area (Å²) in [5, 5.41) is 17.3. The van der Waals surface area contributed by atoms with E-state index in [2.05, 4.69) is 34.4 Å². The number of pyridine rings is 1. The number of likely N-dealkylation sites (N-methyl/N-ethyl adjacent to an activating group) is 1. The molecule has 7 nitrogen and oxygen atoms in total. The lowest BCUT2D eigenvalue weighted by Crippen LogP contribution is -2.34. The highest BCUT2D eigenvalue weighted by molar-refractivity contribution is 5.60. The van der Waals surface area contributed by atoms with Crippen LogP contribution in [0.2, 0.25) is 0 Å². The number of nitro groups is 1. The standard InChI is InChI=1S/C14H25N5O2/c1-10(2)8-11(9-18(4)5)16-14-12(19(20)21)6-7-13(15-3)17-14/h6-7,10-11H,8-9H2,1-5H3,(H2,15,16,17). The molecule has 2 N–H and O–H groups in total. The molecule has 0 radical (unpaired) electrons. The molecule has 118 valence electrons. The number of anilines is 2. The average Bonchev–Trinajstić information content (AvgIpc) is 2.36. The lowest BCUT2D eigenvalue weighted by Gasteiger charge is -2.24. The minimum absolute atomic E-state index is 0.00140. The molecule has 0 aliphatic heterocycles. The second kappa shape index (κ2) is 7.78. The molecule has 1 heterocycles. The molecule has 1 rings (SSSR count). The molecule has 0 fully saturated rings. The lowest BCUT2D eigenvalue weighted by atomic mass is 10.0. The first-order valence-corrected chi connectivity index (χ1v) is 7.08. The molecular weight excluding hydrogens is 270 g/mol. The molecular formula is C14H25N5O2. The Labute approximate surface area is 125 Å². The van der Waals surface area contributed by atoms with Gasteiger partial charge in [0.05, 0.1) is 4.92 Å². The molecule has 1 atom stereocenters. The minimum Gasteiger partial charge on any atom is -0.373 e. The molecule has 7 heteroatoms. The van der Waals surface area contributed by atoms with Crippen molar-refractivity contribution in [2.75, 3.05) is 38.3 Å². The molecule has 0 saturated carbocycles. The summed E-state index contributed by atoms with van der Waals surface area (Å²) in [6, 6.07) is 3.19. The van der Waals surface area contributed by atoms with E-state index in [9.17, 15) is 10.1 Å². The highest BCUT2D eigenvalue weighted by Gasteiger charge is 2.20. The Morgan fingerprint density at radius 2 is 2.05 bits per heavy atom. The summed E-state index contributed by atoms with van der Waals surface area (Å²) < 4.78 is 0. The second-order valence-corrected chi connectivity index (χ2v) is 5.80. The summed E-state index contributed by atoms with van der Waals surface area (Å²) in [5.74, 6) is 1.42. The third-order valence-electron chi connectivity index (χ3n) is 3.01. The molecule has 0 amide bonds. The molecule has 0 aliphatic rings. The molecule has 0 aromatic carbocycles. The topological polar surface area (TPSA) is 83.3 Å². The second-order valence-electron chi connectivity index (χ2n) is 5.80. The number of hydrogen-bond acceptors (Lipinski definition) is 6. The Kier molecular flexibility index (Phi) is 6.36. The Morgan fingerprint density at radius 1 is 1.38 bits per heavy atom. The Hall–Kier alpha value is -1.89. The monoisotopic (exact) mass is 295 g/mol. The van der Waals surface area contributed by atoms with Crippen LogP contribution in [0.1, 0.15) is 20.3 Å². The van der Waals surface area contributed by atoms with Gasteiger partial charge in [0.25, 0.3) is 0 Å². The molecule has 0 aliphatic carbocycles. The van der Waals surface area contributed by atoms with Crippen LogP contribution in [0.5, 0.6) is 0 Å². The first kappa shape index (κ1) is 17.2. The van der Waals surface area contributed by atoms with Gasteiger partial charge in [-0.15, -0.1) is 0 Å². The number of rotatable bonds is 8. The number of hydrogen-bond donors (Lipinski definition) is 2. The summed E-state index contributed by atoms with van der Waals surface area (Å²) in [5.41, 5.74) is 0.00140. The Bertz CT molecular complexity index is 466. The zero-order valence-corrected chi connectivity index (χ0v) is 13.4. The van der Waals surface area contributed by atoms with E-state index in [4.69, 9.17) is 0 Å². The van der Waals surface area contributed by atoms with Crippen molar-refractivity contribution in [1.82, 2.24) is 9.88 Å². The van der Waals surface area contributed by atoms with E-state index in [0.29, 0.717) is 17.6 Å². The highest BCUT2D eigenvalue weighted by atomic mass is 16.6. The van der Waals surface area contributed by atoms with E-state index in [1.54, 1.807) is 13.1 Å². The van der Waals surface area contributed by atoms with E-state index in [1.807, 2.05) is 14.1 Å². The Balaban J connectivity index is 3.02. The Morgan fingerprint density at radius 3 is 2.52 bits per heavy atom. The summed E-state index contributed by atoms with van der Waals surface area (Å²) >= 11 is 0. The van der Waals surface area contributed by atoms with Crippen LogP contribution in [0, 0.1) is 16.0 Å². The average molecular weight is 295 g/mol. The van der Waals surface area contributed by atoms with Crippen LogP contribution in [0.4, 0.5) is 17.3 Å². The summed E-state index contributed by atoms with van der Waals surface area (Å²) in [6.07, 6.45) is 0.917. The van der Waals surface area contributed by atoms with Gasteiger partial charge < -0.3 is 15.5 Å². The zero-order chi connectivity index (χ0) is 16.0. The van der Waals surface area contributed by atoms with E-state index < -0.39 is 4.92 Å². The maximum absolute atomic E-state index is 11.1. The van der Waals surface area contributed by atoms with E-state index in [-0.39, 0.29) is 11.7 Å². The van der Waals surface area contributed by atoms with Crippen molar-refractivity contribution in [2.24, 2.45) is 5.92 Å². The third-order valence-corrected chi connectivity index (χ3v) is 3.01. The predicted octanol–water partition coefficient (Wildman–Crippen LogP) is 2.42. The molecule has 1 aromatic rings. The van der Waals surface area contributed by atoms with Crippen LogP contribution in [0.25, 0.3) is 0 Å². The molecule has 0 bridgehead atoms. The molecule has 1 aromatic heterocycles. The van der Waals surface area contributed by atoms with Gasteiger partial charge in [-0.05, 0) is 32.5 Å². The first-order chi connectivity index (χ1) is 9.83. The fraction of sp³-hybridized carbons (Fsp3) is 0.643. The van der Waals surface area contributed by atoms with Gasteiger partial charge in [0.15, 0.2) is 0 Å². The molecule has 21 heavy (non-hydrogen) atoms. The van der Waals surface area contributed by atoms with E-state index >= 15 is 0 Å². The van der Waals surface area contributed by atoms with Gasteiger partial charge in [0.2, 0.25) is 5.82 Å². The zero-order valence-electron chi connectivity index (χ0n) is 13.4. The molecule has 0 spiro atoms. The van der Waals surface area contributed by atoms with Gasteiger partial charge in [0, 0.05) is 25.7 Å². The molecule has 0 saturated heterocycles. The van der Waals surface area contributed by atoms with Gasteiger partial charge in [-0.3, -0.25) is 10.1 Å². The predicted molar refractivity (Wildman–Crippen MR) is 85.9 cm³/mol. The van der Waals surface area contributed by atoms with E-state index in [0.717, 1.165) is 13.0 Å². The fourth-order valence-corrected chi connectivity index (χ4v) is 2.23. The quantitative estimate of drug-likeness (QED) is 0.566. The summed E-state index contributed by atoms with van der Waals surface area (Å²) in [4.78, 5) is 17.1. The van der Waals surface area contributed by atoms with Crippen molar-refractivity contribution in [2.45, 2.75) is 26.3 Å².